The second-order valence-corrected chi connectivity index (χ2v) is 8.35. The number of hydrogen-bond donors (Lipinski definition) is 0. The van der Waals surface area contributed by atoms with Gasteiger partial charge in [0.25, 0.3) is 0 Å². The maximum absolute atomic E-state index is 4.69. The van der Waals surface area contributed by atoms with Gasteiger partial charge in [-0.1, -0.05) is 39.0 Å². The molecule has 0 fully saturated rings. The fraction of sp³-hybridized carbons (Fsp3) is 0.389. The van der Waals surface area contributed by atoms with Crippen molar-refractivity contribution in [2.75, 3.05) is 11.4 Å². The van der Waals surface area contributed by atoms with Crippen molar-refractivity contribution < 1.29 is 0 Å². The number of thioether (sulfide) groups is 1. The van der Waals surface area contributed by atoms with Crippen LogP contribution in [0.15, 0.2) is 47.5 Å². The van der Waals surface area contributed by atoms with E-state index in [1.165, 1.54) is 29.0 Å². The van der Waals surface area contributed by atoms with Crippen LogP contribution in [0.4, 0.5) is 11.5 Å². The van der Waals surface area contributed by atoms with Crippen molar-refractivity contribution in [3.05, 3.63) is 48.2 Å². The van der Waals surface area contributed by atoms with Gasteiger partial charge in [0.1, 0.15) is 5.82 Å². The van der Waals surface area contributed by atoms with E-state index in [-0.39, 0.29) is 4.75 Å². The van der Waals surface area contributed by atoms with Crippen molar-refractivity contribution in [3.63, 3.8) is 0 Å². The number of aryl methyl sites for hydroxylation is 1. The van der Waals surface area contributed by atoms with E-state index in [1.54, 1.807) is 0 Å². The molecule has 0 saturated heterocycles. The van der Waals surface area contributed by atoms with Crippen molar-refractivity contribution in [2.24, 2.45) is 0 Å². The van der Waals surface area contributed by atoms with Crippen LogP contribution in [-0.2, 0) is 6.42 Å². The molecule has 1 aliphatic rings. The van der Waals surface area contributed by atoms with Gasteiger partial charge in [-0.25, -0.2) is 4.98 Å². The van der Waals surface area contributed by atoms with E-state index in [0.717, 1.165) is 12.4 Å². The molecule has 0 unspecified atom stereocenters. The number of aromatic nitrogens is 1. The van der Waals surface area contributed by atoms with Gasteiger partial charge < -0.3 is 4.90 Å². The first-order chi connectivity index (χ1) is 10.0. The highest BCUT2D eigenvalue weighted by molar-refractivity contribution is 8.00. The Balaban J connectivity index is 1.85. The number of anilines is 2. The predicted molar refractivity (Wildman–Crippen MR) is 91.6 cm³/mol. The Labute approximate surface area is 131 Å². The Morgan fingerprint density at radius 2 is 1.90 bits per heavy atom. The topological polar surface area (TPSA) is 16.1 Å². The van der Waals surface area contributed by atoms with Crippen LogP contribution in [-0.4, -0.2) is 16.3 Å². The van der Waals surface area contributed by atoms with Crippen LogP contribution in [0, 0.1) is 0 Å². The highest BCUT2D eigenvalue weighted by atomic mass is 32.2. The zero-order valence-electron chi connectivity index (χ0n) is 13.0. The molecule has 2 nitrogen and oxygen atoms in total. The van der Waals surface area contributed by atoms with Gasteiger partial charge >= 0.3 is 0 Å². The Kier molecular flexibility index (Phi) is 3.94. The number of nitrogens with zero attached hydrogens (tertiary/aromatic N) is 2. The lowest BCUT2D eigenvalue weighted by Gasteiger charge is -2.30. The molecule has 0 radical (unpaired) electrons. The summed E-state index contributed by atoms with van der Waals surface area (Å²) in [6.07, 6.45) is 4.37. The molecule has 1 aromatic heterocycles. The fourth-order valence-electron chi connectivity index (χ4n) is 2.72. The molecule has 1 aliphatic heterocycles. The summed E-state index contributed by atoms with van der Waals surface area (Å²) in [6, 6.07) is 13.0. The summed E-state index contributed by atoms with van der Waals surface area (Å²) in [7, 11) is 0. The number of fused-ring (bicyclic) bond motifs is 1. The highest BCUT2D eigenvalue weighted by Gasteiger charge is 2.19. The third-order valence-corrected chi connectivity index (χ3v) is 4.62. The molecule has 1 aromatic carbocycles. The third-order valence-electron chi connectivity index (χ3n) is 3.53. The summed E-state index contributed by atoms with van der Waals surface area (Å²) in [5, 5.41) is 0. The van der Waals surface area contributed by atoms with Gasteiger partial charge in [0, 0.05) is 28.1 Å². The zero-order chi connectivity index (χ0) is 14.9. The van der Waals surface area contributed by atoms with E-state index >= 15 is 0 Å². The summed E-state index contributed by atoms with van der Waals surface area (Å²) in [6.45, 7) is 7.74. The number of para-hydroxylation sites is 1. The van der Waals surface area contributed by atoms with Gasteiger partial charge in [-0.2, -0.15) is 0 Å². The first kappa shape index (κ1) is 14.5. The molecule has 0 saturated carbocycles. The fourth-order valence-corrected chi connectivity index (χ4v) is 3.67. The molecular weight excluding hydrogens is 276 g/mol. The lowest BCUT2D eigenvalue weighted by Crippen LogP contribution is -2.25. The molecule has 3 heteroatoms. The van der Waals surface area contributed by atoms with E-state index in [9.17, 15) is 0 Å². The molecule has 0 amide bonds. The number of hydrogen-bond acceptors (Lipinski definition) is 3. The minimum atomic E-state index is 0.223. The molecule has 21 heavy (non-hydrogen) atoms. The SMILES string of the molecule is CC(C)(C)Sc1ccc(N2CCCc3ccccc32)nc1. The first-order valence-electron chi connectivity index (χ1n) is 7.53. The predicted octanol–water partition coefficient (Wildman–Crippen LogP) is 5.06. The van der Waals surface area contributed by atoms with E-state index in [1.807, 2.05) is 18.0 Å². The van der Waals surface area contributed by atoms with E-state index in [0.29, 0.717) is 0 Å². The average molecular weight is 298 g/mol. The summed E-state index contributed by atoms with van der Waals surface area (Å²) in [5.74, 6) is 1.06. The maximum Gasteiger partial charge on any atom is 0.132 e. The molecule has 0 aliphatic carbocycles. The second-order valence-electron chi connectivity index (χ2n) is 6.45. The highest BCUT2D eigenvalue weighted by Crippen LogP contribution is 2.35. The molecule has 2 aromatic rings. The van der Waals surface area contributed by atoms with Gasteiger partial charge in [0.2, 0.25) is 0 Å². The normalized spacial score (nSPS) is 14.9. The van der Waals surface area contributed by atoms with Crippen LogP contribution in [0.2, 0.25) is 0 Å². The van der Waals surface area contributed by atoms with Crippen molar-refractivity contribution in [3.8, 4) is 0 Å². The largest absolute Gasteiger partial charge is 0.326 e. The summed E-state index contributed by atoms with van der Waals surface area (Å²) in [4.78, 5) is 8.26. The summed E-state index contributed by atoms with van der Waals surface area (Å²) in [5.41, 5.74) is 2.74. The second kappa shape index (κ2) is 5.72. The maximum atomic E-state index is 4.69. The van der Waals surface area contributed by atoms with Crippen LogP contribution in [0.1, 0.15) is 32.8 Å². The van der Waals surface area contributed by atoms with Crippen LogP contribution in [0.3, 0.4) is 0 Å². The van der Waals surface area contributed by atoms with Crippen LogP contribution >= 0.6 is 11.8 Å². The lowest BCUT2D eigenvalue weighted by molar-refractivity contribution is 0.759. The van der Waals surface area contributed by atoms with E-state index in [4.69, 9.17) is 4.98 Å². The van der Waals surface area contributed by atoms with Crippen LogP contribution in [0.25, 0.3) is 0 Å². The van der Waals surface area contributed by atoms with Gasteiger partial charge in [-0.3, -0.25) is 0 Å². The monoisotopic (exact) mass is 298 g/mol. The van der Waals surface area contributed by atoms with Crippen molar-refractivity contribution in [1.82, 2.24) is 4.98 Å². The Morgan fingerprint density at radius 3 is 2.62 bits per heavy atom. The summed E-state index contributed by atoms with van der Waals surface area (Å²) < 4.78 is 0.223. The quantitative estimate of drug-likeness (QED) is 0.721. The molecular formula is C18H22N2S. The van der Waals surface area contributed by atoms with Gasteiger partial charge in [-0.05, 0) is 36.6 Å². The van der Waals surface area contributed by atoms with Crippen molar-refractivity contribution in [1.29, 1.82) is 0 Å². The smallest absolute Gasteiger partial charge is 0.132 e. The first-order valence-corrected chi connectivity index (χ1v) is 8.35. The molecule has 0 spiro atoms. The minimum absolute atomic E-state index is 0.223. The van der Waals surface area contributed by atoms with E-state index in [2.05, 4.69) is 62.1 Å². The Bertz CT molecular complexity index is 614. The zero-order valence-corrected chi connectivity index (χ0v) is 13.8. The van der Waals surface area contributed by atoms with Crippen molar-refractivity contribution in [2.45, 2.75) is 43.3 Å². The lowest BCUT2D eigenvalue weighted by atomic mass is 10.0. The van der Waals surface area contributed by atoms with Crippen molar-refractivity contribution >= 4 is 23.3 Å². The molecule has 3 rings (SSSR count). The summed E-state index contributed by atoms with van der Waals surface area (Å²) >= 11 is 1.86. The Hall–Kier alpha value is -1.48. The van der Waals surface area contributed by atoms with Crippen LogP contribution < -0.4 is 4.90 Å². The number of benzene rings is 1. The average Bonchev–Trinajstić information content (AvgIpc) is 2.46. The van der Waals surface area contributed by atoms with E-state index < -0.39 is 0 Å². The standard InChI is InChI=1S/C18H22N2S/c1-18(2,3)21-15-10-11-17(19-13-15)20-12-6-8-14-7-4-5-9-16(14)20/h4-5,7,9-11,13H,6,8,12H2,1-3H3. The van der Waals surface area contributed by atoms with Gasteiger partial charge in [-0.15, -0.1) is 11.8 Å². The number of pyridine rings is 1. The number of rotatable bonds is 2. The molecule has 0 bridgehead atoms. The molecule has 110 valence electrons. The molecule has 0 atom stereocenters. The molecule has 0 N–H and O–H groups in total. The minimum Gasteiger partial charge on any atom is -0.326 e. The third kappa shape index (κ3) is 3.41. The van der Waals surface area contributed by atoms with Gasteiger partial charge in [0.05, 0.1) is 0 Å². The molecule has 2 heterocycles. The van der Waals surface area contributed by atoms with Gasteiger partial charge in [0.15, 0.2) is 0 Å². The Morgan fingerprint density at radius 1 is 1.10 bits per heavy atom. The van der Waals surface area contributed by atoms with Crippen LogP contribution in [0.5, 0.6) is 0 Å².